The van der Waals surface area contributed by atoms with E-state index in [0.717, 1.165) is 6.42 Å². The molecule has 1 heterocycles. The average Bonchev–Trinajstić information content (AvgIpc) is 3.01. The Morgan fingerprint density at radius 3 is 2.50 bits per heavy atom. The van der Waals surface area contributed by atoms with Gasteiger partial charge >= 0.3 is 0 Å². The average molecular weight is 351 g/mol. The van der Waals surface area contributed by atoms with E-state index in [4.69, 9.17) is 22.1 Å². The molecule has 1 aromatic carbocycles. The lowest BCUT2D eigenvalue weighted by Crippen LogP contribution is -2.28. The first-order valence-electron chi connectivity index (χ1n) is 9.06. The summed E-state index contributed by atoms with van der Waals surface area (Å²) in [5.41, 5.74) is 7.06. The Balaban J connectivity index is 1.62. The van der Waals surface area contributed by atoms with Crippen molar-refractivity contribution in [2.45, 2.75) is 63.9 Å². The zero-order valence-corrected chi connectivity index (χ0v) is 14.9. The van der Waals surface area contributed by atoms with Gasteiger partial charge in [-0.2, -0.15) is 0 Å². The molecule has 24 heavy (non-hydrogen) atoms. The molecule has 5 heteroatoms. The molecule has 0 radical (unpaired) electrons. The van der Waals surface area contributed by atoms with Crippen molar-refractivity contribution in [3.8, 4) is 0 Å². The van der Waals surface area contributed by atoms with Crippen LogP contribution in [0.2, 0.25) is 5.02 Å². The Kier molecular flexibility index (Phi) is 5.67. The summed E-state index contributed by atoms with van der Waals surface area (Å²) in [6.07, 6.45) is 10.6. The number of anilines is 2. The molecular weight excluding hydrogens is 324 g/mol. The molecule has 1 aliphatic heterocycles. The van der Waals surface area contributed by atoms with Gasteiger partial charge in [-0.15, -0.1) is 0 Å². The number of nitrogens with one attached hydrogen (secondary N) is 1. The molecule has 1 spiro atoms. The van der Waals surface area contributed by atoms with Crippen molar-refractivity contribution >= 4 is 28.9 Å². The monoisotopic (exact) mass is 350 g/mol. The topological polar surface area (TPSA) is 64.3 Å². The Labute approximate surface area is 149 Å². The second-order valence-electron chi connectivity index (χ2n) is 7.35. The summed E-state index contributed by atoms with van der Waals surface area (Å²) in [5.74, 6) is -0.0987. The van der Waals surface area contributed by atoms with E-state index < -0.39 is 0 Å². The van der Waals surface area contributed by atoms with Gasteiger partial charge < -0.3 is 15.8 Å². The summed E-state index contributed by atoms with van der Waals surface area (Å²) in [4.78, 5) is 12.6. The van der Waals surface area contributed by atoms with Crippen molar-refractivity contribution in [3.05, 3.63) is 23.2 Å². The van der Waals surface area contributed by atoms with E-state index in [1.807, 2.05) is 0 Å². The van der Waals surface area contributed by atoms with Crippen LogP contribution in [0, 0.1) is 5.41 Å². The largest absolute Gasteiger partial charge is 0.399 e. The van der Waals surface area contributed by atoms with Crippen molar-refractivity contribution in [1.29, 1.82) is 0 Å². The van der Waals surface area contributed by atoms with Crippen molar-refractivity contribution in [1.82, 2.24) is 0 Å². The predicted molar refractivity (Wildman–Crippen MR) is 98.2 cm³/mol. The molecule has 0 aromatic heterocycles. The van der Waals surface area contributed by atoms with Crippen LogP contribution in [0.3, 0.4) is 0 Å². The van der Waals surface area contributed by atoms with E-state index in [1.165, 1.54) is 51.4 Å². The zero-order valence-electron chi connectivity index (χ0n) is 14.2. The van der Waals surface area contributed by atoms with Crippen LogP contribution in [0.4, 0.5) is 11.4 Å². The lowest BCUT2D eigenvalue weighted by Gasteiger charge is -2.27. The minimum Gasteiger partial charge on any atom is -0.399 e. The predicted octanol–water partition coefficient (Wildman–Crippen LogP) is 4.77. The molecule has 1 saturated heterocycles. The lowest BCUT2D eigenvalue weighted by molar-refractivity contribution is -0.124. The van der Waals surface area contributed by atoms with Crippen LogP contribution in [0.25, 0.3) is 0 Å². The number of nitrogens with two attached hydrogens (primary N) is 1. The quantitative estimate of drug-likeness (QED) is 0.755. The molecule has 3 rings (SSSR count). The summed E-state index contributed by atoms with van der Waals surface area (Å²) >= 11 is 6.14. The third-order valence-corrected chi connectivity index (χ3v) is 5.73. The molecule has 1 aromatic rings. The number of rotatable bonds is 2. The minimum absolute atomic E-state index is 0.0987. The molecule has 1 aliphatic carbocycles. The summed E-state index contributed by atoms with van der Waals surface area (Å²) < 4.78 is 5.90. The Bertz CT molecular complexity index is 581. The molecule has 0 bridgehead atoms. The SMILES string of the molecule is Nc1ccc(NC(=O)C2CC3(CCCCCCCC3)CO2)c(Cl)c1. The molecule has 2 fully saturated rings. The van der Waals surface area contributed by atoms with Gasteiger partial charge in [0, 0.05) is 5.69 Å². The maximum absolute atomic E-state index is 12.6. The lowest BCUT2D eigenvalue weighted by atomic mass is 9.77. The van der Waals surface area contributed by atoms with Gasteiger partial charge in [0.15, 0.2) is 0 Å². The third-order valence-electron chi connectivity index (χ3n) is 5.42. The van der Waals surface area contributed by atoms with E-state index in [9.17, 15) is 4.79 Å². The molecular formula is C19H27ClN2O2. The van der Waals surface area contributed by atoms with Crippen LogP contribution in [-0.2, 0) is 9.53 Å². The van der Waals surface area contributed by atoms with Crippen molar-refractivity contribution in [3.63, 3.8) is 0 Å². The van der Waals surface area contributed by atoms with Gasteiger partial charge in [0.05, 0.1) is 17.3 Å². The summed E-state index contributed by atoms with van der Waals surface area (Å²) in [5, 5.41) is 3.35. The minimum atomic E-state index is -0.376. The second-order valence-corrected chi connectivity index (χ2v) is 7.76. The smallest absolute Gasteiger partial charge is 0.253 e. The molecule has 1 amide bonds. The van der Waals surface area contributed by atoms with Crippen molar-refractivity contribution in [2.75, 3.05) is 17.7 Å². The highest BCUT2D eigenvalue weighted by Crippen LogP contribution is 2.43. The van der Waals surface area contributed by atoms with Crippen LogP contribution < -0.4 is 11.1 Å². The van der Waals surface area contributed by atoms with Crippen LogP contribution in [0.5, 0.6) is 0 Å². The summed E-state index contributed by atoms with van der Waals surface area (Å²) in [6, 6.07) is 5.11. The highest BCUT2D eigenvalue weighted by Gasteiger charge is 2.42. The van der Waals surface area contributed by atoms with E-state index in [0.29, 0.717) is 23.0 Å². The van der Waals surface area contributed by atoms with Crippen molar-refractivity contribution < 1.29 is 9.53 Å². The third kappa shape index (κ3) is 4.22. The van der Waals surface area contributed by atoms with Gasteiger partial charge in [0.25, 0.3) is 5.91 Å². The Morgan fingerprint density at radius 1 is 1.17 bits per heavy atom. The number of hydrogen-bond acceptors (Lipinski definition) is 3. The maximum Gasteiger partial charge on any atom is 0.253 e. The van der Waals surface area contributed by atoms with Crippen molar-refractivity contribution in [2.24, 2.45) is 5.41 Å². The van der Waals surface area contributed by atoms with E-state index in [-0.39, 0.29) is 17.4 Å². The fraction of sp³-hybridized carbons (Fsp3) is 0.632. The fourth-order valence-electron chi connectivity index (χ4n) is 3.98. The molecule has 4 nitrogen and oxygen atoms in total. The van der Waals surface area contributed by atoms with E-state index in [1.54, 1.807) is 18.2 Å². The normalized spacial score (nSPS) is 24.1. The molecule has 2 aliphatic rings. The molecule has 1 unspecified atom stereocenters. The number of nitrogen functional groups attached to an aromatic ring is 1. The standard InChI is InChI=1S/C19H27ClN2O2/c20-15-11-14(21)7-8-16(15)22-18(23)17-12-19(13-24-17)9-5-3-1-2-4-6-10-19/h7-8,11,17H,1-6,9-10,12-13,21H2,(H,22,23). The van der Waals surface area contributed by atoms with Gasteiger partial charge in [-0.3, -0.25) is 4.79 Å². The zero-order chi connectivity index (χ0) is 17.0. The molecule has 1 saturated carbocycles. The first-order chi connectivity index (χ1) is 11.6. The maximum atomic E-state index is 12.6. The number of carbonyl (C=O) groups is 1. The van der Waals surface area contributed by atoms with E-state index >= 15 is 0 Å². The number of hydrogen-bond donors (Lipinski definition) is 2. The first kappa shape index (κ1) is 17.6. The van der Waals surface area contributed by atoms with Gasteiger partial charge in [-0.05, 0) is 42.9 Å². The van der Waals surface area contributed by atoms with Gasteiger partial charge in [0.1, 0.15) is 6.10 Å². The Morgan fingerprint density at radius 2 is 1.83 bits per heavy atom. The number of amides is 1. The fourth-order valence-corrected chi connectivity index (χ4v) is 4.22. The highest BCUT2D eigenvalue weighted by molar-refractivity contribution is 6.34. The Hall–Kier alpha value is -1.26. The van der Waals surface area contributed by atoms with Crippen LogP contribution in [0.15, 0.2) is 18.2 Å². The molecule has 1 atom stereocenters. The van der Waals surface area contributed by atoms with Gasteiger partial charge in [-0.25, -0.2) is 0 Å². The van der Waals surface area contributed by atoms with Crippen LogP contribution in [0.1, 0.15) is 57.8 Å². The number of carbonyl (C=O) groups excluding carboxylic acids is 1. The second kappa shape index (κ2) is 7.75. The number of ether oxygens (including phenoxy) is 1. The molecule has 3 N–H and O–H groups in total. The van der Waals surface area contributed by atoms with Gasteiger partial charge in [-0.1, -0.05) is 50.1 Å². The van der Waals surface area contributed by atoms with Gasteiger partial charge in [0.2, 0.25) is 0 Å². The highest BCUT2D eigenvalue weighted by atomic mass is 35.5. The van der Waals surface area contributed by atoms with Crippen LogP contribution >= 0.6 is 11.6 Å². The van der Waals surface area contributed by atoms with Crippen LogP contribution in [-0.4, -0.2) is 18.6 Å². The number of halogens is 1. The van der Waals surface area contributed by atoms with E-state index in [2.05, 4.69) is 5.32 Å². The summed E-state index contributed by atoms with van der Waals surface area (Å²) in [6.45, 7) is 0.709. The summed E-state index contributed by atoms with van der Waals surface area (Å²) in [7, 11) is 0. The first-order valence-corrected chi connectivity index (χ1v) is 9.43. The molecule has 132 valence electrons. The number of benzene rings is 1.